The second-order valence-electron chi connectivity index (χ2n) is 9.39. The average molecular weight is 537 g/mol. The van der Waals surface area contributed by atoms with Crippen LogP contribution in [0.1, 0.15) is 0 Å². The van der Waals surface area contributed by atoms with Crippen molar-refractivity contribution in [2.24, 2.45) is 0 Å². The summed E-state index contributed by atoms with van der Waals surface area (Å²) >= 11 is 3.40. The zero-order chi connectivity index (χ0) is 25.8. The molecule has 0 bridgehead atoms. The Bertz CT molecular complexity index is 2090. The van der Waals surface area contributed by atoms with Crippen molar-refractivity contribution in [3.63, 3.8) is 0 Å². The lowest BCUT2D eigenvalue weighted by Gasteiger charge is -2.10. The molecule has 0 N–H and O–H groups in total. The Morgan fingerprint density at radius 1 is 0.590 bits per heavy atom. The third kappa shape index (κ3) is 3.76. The number of nitrogens with zero attached hydrogens (tertiary/aromatic N) is 4. The Balaban J connectivity index is 1.39. The monoisotopic (exact) mass is 536 g/mol. The smallest absolute Gasteiger partial charge is 0.124 e. The van der Waals surface area contributed by atoms with Gasteiger partial charge in [-0.15, -0.1) is 22.7 Å². The van der Waals surface area contributed by atoms with Gasteiger partial charge in [0.15, 0.2) is 0 Å². The van der Waals surface area contributed by atoms with E-state index < -0.39 is 0 Å². The summed E-state index contributed by atoms with van der Waals surface area (Å²) in [6.45, 7) is 0. The first-order chi connectivity index (χ1) is 19.3. The van der Waals surface area contributed by atoms with Gasteiger partial charge in [0.05, 0.1) is 26.9 Å². The minimum atomic E-state index is 0.960. The van der Waals surface area contributed by atoms with Crippen molar-refractivity contribution in [2.75, 3.05) is 0 Å². The van der Waals surface area contributed by atoms with E-state index in [1.54, 1.807) is 22.7 Å². The standard InChI is InChI=1S/C33H20N4S2/c1-2-10-31-28(9-1)36-33(39-31)23-11-13-25-26-19-22(32-35-16-17-38-32)12-14-29(26)37(30(25)20-23)24-7-5-6-21(18-24)27-8-3-4-15-34-27/h1-20H. The summed E-state index contributed by atoms with van der Waals surface area (Å²) < 4.78 is 3.56. The molecule has 0 saturated heterocycles. The van der Waals surface area contributed by atoms with Gasteiger partial charge in [-0.1, -0.05) is 42.5 Å². The normalized spacial score (nSPS) is 11.6. The number of aromatic nitrogens is 4. The molecule has 0 fully saturated rings. The van der Waals surface area contributed by atoms with Crippen LogP contribution in [0.15, 0.2) is 121 Å². The molecule has 0 aliphatic rings. The van der Waals surface area contributed by atoms with Crippen molar-refractivity contribution >= 4 is 54.7 Å². The van der Waals surface area contributed by atoms with E-state index >= 15 is 0 Å². The first kappa shape index (κ1) is 22.3. The minimum Gasteiger partial charge on any atom is -0.309 e. The number of benzene rings is 4. The summed E-state index contributed by atoms with van der Waals surface area (Å²) in [6, 6.07) is 36.4. The molecule has 184 valence electrons. The summed E-state index contributed by atoms with van der Waals surface area (Å²) in [6.07, 6.45) is 3.70. The quantitative estimate of drug-likeness (QED) is 0.225. The van der Waals surface area contributed by atoms with E-state index in [9.17, 15) is 0 Å². The maximum Gasteiger partial charge on any atom is 0.124 e. The Hall–Kier alpha value is -4.65. The molecule has 4 heterocycles. The number of hydrogen-bond donors (Lipinski definition) is 0. The Kier molecular flexibility index (Phi) is 5.14. The van der Waals surface area contributed by atoms with Gasteiger partial charge in [-0.25, -0.2) is 9.97 Å². The number of pyridine rings is 1. The summed E-state index contributed by atoms with van der Waals surface area (Å²) in [4.78, 5) is 14.1. The average Bonchev–Trinajstić information content (AvgIpc) is 3.75. The van der Waals surface area contributed by atoms with Crippen molar-refractivity contribution in [1.29, 1.82) is 0 Å². The van der Waals surface area contributed by atoms with Crippen LogP contribution in [0.5, 0.6) is 0 Å². The summed E-state index contributed by atoms with van der Waals surface area (Å²) in [7, 11) is 0. The van der Waals surface area contributed by atoms with Crippen LogP contribution in [0, 0.1) is 0 Å². The number of fused-ring (bicyclic) bond motifs is 4. The van der Waals surface area contributed by atoms with Crippen molar-refractivity contribution < 1.29 is 0 Å². The highest BCUT2D eigenvalue weighted by atomic mass is 32.1. The van der Waals surface area contributed by atoms with Crippen molar-refractivity contribution in [1.82, 2.24) is 19.5 Å². The lowest BCUT2D eigenvalue weighted by Crippen LogP contribution is -1.95. The summed E-state index contributed by atoms with van der Waals surface area (Å²) in [5.41, 5.74) is 8.74. The third-order valence-corrected chi connectivity index (χ3v) is 8.96. The van der Waals surface area contributed by atoms with Gasteiger partial charge in [-0.2, -0.15) is 0 Å². The molecule has 0 unspecified atom stereocenters. The molecule has 0 aliphatic carbocycles. The van der Waals surface area contributed by atoms with E-state index in [1.807, 2.05) is 36.0 Å². The summed E-state index contributed by atoms with van der Waals surface area (Å²) in [5.74, 6) is 0. The van der Waals surface area contributed by atoms with Crippen LogP contribution in [0.25, 0.3) is 70.1 Å². The van der Waals surface area contributed by atoms with Gasteiger partial charge in [0.1, 0.15) is 10.0 Å². The fraction of sp³-hybridized carbons (Fsp3) is 0. The SMILES string of the molecule is c1ccc(-c2cccc(-n3c4ccc(-c5nccs5)cc4c4ccc(-c5nc6ccccc6s5)cc43)c2)nc1. The zero-order valence-corrected chi connectivity index (χ0v) is 22.3. The number of thiazole rings is 2. The van der Waals surface area contributed by atoms with Crippen molar-refractivity contribution in [3.05, 3.63) is 121 Å². The van der Waals surface area contributed by atoms with E-state index in [-0.39, 0.29) is 0 Å². The number of hydrogen-bond acceptors (Lipinski definition) is 5. The van der Waals surface area contributed by atoms with Crippen LogP contribution in [0.4, 0.5) is 0 Å². The summed E-state index contributed by atoms with van der Waals surface area (Å²) in [5, 5.41) is 6.49. The first-order valence-corrected chi connectivity index (χ1v) is 14.4. The Morgan fingerprint density at radius 2 is 1.49 bits per heavy atom. The molecule has 8 aromatic rings. The molecule has 0 amide bonds. The van der Waals surface area contributed by atoms with E-state index in [1.165, 1.54) is 15.5 Å². The van der Waals surface area contributed by atoms with Crippen molar-refractivity contribution in [2.45, 2.75) is 0 Å². The van der Waals surface area contributed by atoms with E-state index in [0.717, 1.165) is 54.6 Å². The molecule has 6 heteroatoms. The zero-order valence-electron chi connectivity index (χ0n) is 20.7. The lowest BCUT2D eigenvalue weighted by atomic mass is 10.1. The molecule has 4 aromatic heterocycles. The molecule has 0 spiro atoms. The topological polar surface area (TPSA) is 43.6 Å². The highest BCUT2D eigenvalue weighted by Gasteiger charge is 2.17. The minimum absolute atomic E-state index is 0.960. The maximum atomic E-state index is 4.94. The van der Waals surface area contributed by atoms with Crippen LogP contribution in [-0.2, 0) is 0 Å². The van der Waals surface area contributed by atoms with Gasteiger partial charge in [-0.05, 0) is 60.7 Å². The third-order valence-electron chi connectivity index (χ3n) is 7.05. The molecular weight excluding hydrogens is 517 g/mol. The van der Waals surface area contributed by atoms with Crippen LogP contribution >= 0.6 is 22.7 Å². The molecule has 4 aromatic carbocycles. The Morgan fingerprint density at radius 3 is 2.36 bits per heavy atom. The Labute approximate surface area is 232 Å². The molecule has 4 nitrogen and oxygen atoms in total. The van der Waals surface area contributed by atoms with Crippen LogP contribution < -0.4 is 0 Å². The molecule has 0 atom stereocenters. The highest BCUT2D eigenvalue weighted by molar-refractivity contribution is 7.21. The predicted molar refractivity (Wildman–Crippen MR) is 164 cm³/mol. The van der Waals surface area contributed by atoms with Crippen LogP contribution in [0.3, 0.4) is 0 Å². The molecule has 8 rings (SSSR count). The van der Waals surface area contributed by atoms with E-state index in [0.29, 0.717) is 0 Å². The molecular formula is C33H20N4S2. The van der Waals surface area contributed by atoms with E-state index in [4.69, 9.17) is 4.98 Å². The van der Waals surface area contributed by atoms with Gasteiger partial charge < -0.3 is 4.57 Å². The predicted octanol–water partition coefficient (Wildman–Crippen LogP) is 9.25. The van der Waals surface area contributed by atoms with Gasteiger partial charge in [-0.3, -0.25) is 4.98 Å². The second kappa shape index (κ2) is 8.98. The van der Waals surface area contributed by atoms with Gasteiger partial charge in [0, 0.05) is 50.9 Å². The van der Waals surface area contributed by atoms with Gasteiger partial charge in [0.2, 0.25) is 0 Å². The van der Waals surface area contributed by atoms with Crippen LogP contribution in [-0.4, -0.2) is 19.5 Å². The molecule has 0 radical (unpaired) electrons. The fourth-order valence-electron chi connectivity index (χ4n) is 5.26. The largest absolute Gasteiger partial charge is 0.309 e. The molecule has 0 saturated carbocycles. The lowest BCUT2D eigenvalue weighted by molar-refractivity contribution is 1.18. The second-order valence-corrected chi connectivity index (χ2v) is 11.3. The van der Waals surface area contributed by atoms with Gasteiger partial charge >= 0.3 is 0 Å². The number of para-hydroxylation sites is 1. The fourth-order valence-corrected chi connectivity index (χ4v) is 6.86. The molecule has 0 aliphatic heterocycles. The van der Waals surface area contributed by atoms with E-state index in [2.05, 4.69) is 99.5 Å². The number of rotatable bonds is 4. The highest BCUT2D eigenvalue weighted by Crippen LogP contribution is 2.39. The van der Waals surface area contributed by atoms with Crippen LogP contribution in [0.2, 0.25) is 0 Å². The van der Waals surface area contributed by atoms with Gasteiger partial charge in [0.25, 0.3) is 0 Å². The molecule has 39 heavy (non-hydrogen) atoms. The first-order valence-electron chi connectivity index (χ1n) is 12.7. The van der Waals surface area contributed by atoms with Crippen molar-refractivity contribution in [3.8, 4) is 38.1 Å². The maximum absolute atomic E-state index is 4.94.